The van der Waals surface area contributed by atoms with E-state index in [2.05, 4.69) is 0 Å². The Hall–Kier alpha value is -0.900. The van der Waals surface area contributed by atoms with Crippen molar-refractivity contribution in [2.45, 2.75) is 0 Å². The Morgan fingerprint density at radius 2 is 1.44 bits per heavy atom. The van der Waals surface area contributed by atoms with Gasteiger partial charge in [-0.3, -0.25) is 0 Å². The number of hydrogen-bond donors (Lipinski definition) is 1. The van der Waals surface area contributed by atoms with Crippen molar-refractivity contribution in [3.8, 4) is 0 Å². The van der Waals surface area contributed by atoms with Gasteiger partial charge >= 0.3 is 6.09 Å². The maximum atomic E-state index is 12.2. The van der Waals surface area contributed by atoms with E-state index in [1.165, 1.54) is 13.5 Å². The fourth-order valence-electron chi connectivity index (χ4n) is 2.05. The number of ether oxygens (including phenoxy) is 1. The maximum Gasteiger partial charge on any atom is 0.407 e. The van der Waals surface area contributed by atoms with Crippen LogP contribution in [0.4, 0.5) is 4.79 Å². The second-order valence-electron chi connectivity index (χ2n) is 4.19. The molecule has 0 radical (unpaired) electrons. The molecule has 2 aliphatic rings. The van der Waals surface area contributed by atoms with Gasteiger partial charge in [0.2, 0.25) is 0 Å². The molecule has 2 fully saturated rings. The van der Waals surface area contributed by atoms with Crippen molar-refractivity contribution in [2.75, 3.05) is 52.5 Å². The summed E-state index contributed by atoms with van der Waals surface area (Å²) in [5, 5.41) is 8.81. The molecular weight excluding hydrogens is 262 g/mol. The van der Waals surface area contributed by atoms with Gasteiger partial charge in [-0.25, -0.2) is 4.79 Å². The van der Waals surface area contributed by atoms with Crippen LogP contribution in [0.15, 0.2) is 0 Å². The smallest absolute Gasteiger partial charge is 0.407 e. The number of morpholine rings is 1. The van der Waals surface area contributed by atoms with Crippen molar-refractivity contribution in [3.63, 3.8) is 0 Å². The predicted molar refractivity (Wildman–Crippen MR) is 62.5 cm³/mol. The van der Waals surface area contributed by atoms with Gasteiger partial charge < -0.3 is 14.7 Å². The second kappa shape index (κ2) is 5.39. The minimum Gasteiger partial charge on any atom is -0.465 e. The van der Waals surface area contributed by atoms with Gasteiger partial charge in [-0.2, -0.15) is 17.0 Å². The van der Waals surface area contributed by atoms with E-state index in [-0.39, 0.29) is 26.2 Å². The molecule has 0 spiro atoms. The van der Waals surface area contributed by atoms with E-state index < -0.39 is 16.3 Å². The van der Waals surface area contributed by atoms with Crippen LogP contribution >= 0.6 is 0 Å². The highest BCUT2D eigenvalue weighted by molar-refractivity contribution is 7.86. The monoisotopic (exact) mass is 279 g/mol. The second-order valence-corrected chi connectivity index (χ2v) is 6.12. The summed E-state index contributed by atoms with van der Waals surface area (Å²) in [4.78, 5) is 12.0. The number of carbonyl (C=O) groups is 1. The molecule has 104 valence electrons. The Bertz CT molecular complexity index is 398. The Morgan fingerprint density at radius 3 is 1.94 bits per heavy atom. The molecule has 1 amide bonds. The van der Waals surface area contributed by atoms with E-state index in [4.69, 9.17) is 9.84 Å². The van der Waals surface area contributed by atoms with E-state index in [0.29, 0.717) is 26.3 Å². The van der Waals surface area contributed by atoms with Crippen molar-refractivity contribution >= 4 is 16.3 Å². The molecule has 0 bridgehead atoms. The van der Waals surface area contributed by atoms with Crippen LogP contribution in [0, 0.1) is 0 Å². The Morgan fingerprint density at radius 1 is 0.944 bits per heavy atom. The molecular formula is C9H17N3O5S. The van der Waals surface area contributed by atoms with Gasteiger partial charge in [-0.1, -0.05) is 0 Å². The Kier molecular flexibility index (Phi) is 4.05. The first kappa shape index (κ1) is 13.5. The SMILES string of the molecule is O=C(O)N1CCN(S(=O)(=O)N2CCOCC2)CC1. The largest absolute Gasteiger partial charge is 0.465 e. The molecule has 18 heavy (non-hydrogen) atoms. The zero-order valence-corrected chi connectivity index (χ0v) is 10.8. The standard InChI is InChI=1S/C9H17N3O5S/c13-9(14)10-1-3-11(4-2-10)18(15,16)12-5-7-17-8-6-12/h1-8H2,(H,13,14). The van der Waals surface area contributed by atoms with Crippen molar-refractivity contribution < 1.29 is 23.1 Å². The van der Waals surface area contributed by atoms with Gasteiger partial charge in [0.1, 0.15) is 0 Å². The first-order valence-electron chi connectivity index (χ1n) is 5.82. The molecule has 0 aromatic rings. The van der Waals surface area contributed by atoms with Crippen LogP contribution in [0.2, 0.25) is 0 Å². The average molecular weight is 279 g/mol. The van der Waals surface area contributed by atoms with Crippen LogP contribution in [0.3, 0.4) is 0 Å². The first-order chi connectivity index (χ1) is 8.51. The minimum atomic E-state index is -3.47. The third-order valence-electron chi connectivity index (χ3n) is 3.13. The molecule has 2 rings (SSSR count). The summed E-state index contributed by atoms with van der Waals surface area (Å²) >= 11 is 0. The molecule has 0 atom stereocenters. The van der Waals surface area contributed by atoms with Crippen molar-refractivity contribution in [3.05, 3.63) is 0 Å². The molecule has 0 unspecified atom stereocenters. The van der Waals surface area contributed by atoms with Crippen LogP contribution in [-0.2, 0) is 14.9 Å². The average Bonchev–Trinajstić information content (AvgIpc) is 2.40. The van der Waals surface area contributed by atoms with Gasteiger partial charge in [-0.15, -0.1) is 0 Å². The highest BCUT2D eigenvalue weighted by atomic mass is 32.2. The lowest BCUT2D eigenvalue weighted by Gasteiger charge is -2.36. The third kappa shape index (κ3) is 2.74. The van der Waals surface area contributed by atoms with Crippen LogP contribution in [0.1, 0.15) is 0 Å². The maximum absolute atomic E-state index is 12.2. The molecule has 8 nitrogen and oxygen atoms in total. The summed E-state index contributed by atoms with van der Waals surface area (Å²) in [5.74, 6) is 0. The van der Waals surface area contributed by atoms with E-state index in [9.17, 15) is 13.2 Å². The molecule has 0 aromatic heterocycles. The van der Waals surface area contributed by atoms with Crippen LogP contribution < -0.4 is 0 Å². The molecule has 0 saturated carbocycles. The fourth-order valence-corrected chi connectivity index (χ4v) is 3.61. The highest BCUT2D eigenvalue weighted by Gasteiger charge is 2.33. The summed E-state index contributed by atoms with van der Waals surface area (Å²) in [7, 11) is -3.47. The summed E-state index contributed by atoms with van der Waals surface area (Å²) in [6.45, 7) is 2.42. The topological polar surface area (TPSA) is 90.4 Å². The Balaban J connectivity index is 1.97. The Labute approximate surface area is 106 Å². The molecule has 1 N–H and O–H groups in total. The third-order valence-corrected chi connectivity index (χ3v) is 5.17. The van der Waals surface area contributed by atoms with Gasteiger partial charge in [0.05, 0.1) is 13.2 Å². The lowest BCUT2D eigenvalue weighted by Crippen LogP contribution is -2.55. The molecule has 2 aliphatic heterocycles. The van der Waals surface area contributed by atoms with Crippen LogP contribution in [-0.4, -0.2) is 85.6 Å². The number of hydrogen-bond acceptors (Lipinski definition) is 4. The molecule has 0 aromatic carbocycles. The normalized spacial score (nSPS) is 24.1. The van der Waals surface area contributed by atoms with E-state index in [0.717, 1.165) is 0 Å². The summed E-state index contributed by atoms with van der Waals surface area (Å²) in [6, 6.07) is 0. The van der Waals surface area contributed by atoms with Gasteiger partial charge in [0.25, 0.3) is 10.2 Å². The van der Waals surface area contributed by atoms with E-state index >= 15 is 0 Å². The van der Waals surface area contributed by atoms with Gasteiger partial charge in [0.15, 0.2) is 0 Å². The van der Waals surface area contributed by atoms with Crippen molar-refractivity contribution in [1.29, 1.82) is 0 Å². The predicted octanol–water partition coefficient (Wildman–Crippen LogP) is -1.14. The van der Waals surface area contributed by atoms with E-state index in [1.807, 2.05) is 0 Å². The van der Waals surface area contributed by atoms with Crippen molar-refractivity contribution in [2.24, 2.45) is 0 Å². The summed E-state index contributed by atoms with van der Waals surface area (Å²) < 4.78 is 32.4. The number of rotatable bonds is 2. The minimum absolute atomic E-state index is 0.214. The zero-order valence-electron chi connectivity index (χ0n) is 9.99. The lowest BCUT2D eigenvalue weighted by molar-refractivity contribution is 0.0683. The molecule has 9 heteroatoms. The number of amides is 1. The van der Waals surface area contributed by atoms with Crippen molar-refractivity contribution in [1.82, 2.24) is 13.5 Å². The van der Waals surface area contributed by atoms with E-state index in [1.54, 1.807) is 0 Å². The number of nitrogens with zero attached hydrogens (tertiary/aromatic N) is 3. The molecule has 2 heterocycles. The zero-order chi connectivity index (χ0) is 13.2. The first-order valence-corrected chi connectivity index (χ1v) is 7.22. The summed E-state index contributed by atoms with van der Waals surface area (Å²) in [6.07, 6.45) is -1.00. The van der Waals surface area contributed by atoms with Crippen LogP contribution in [0.5, 0.6) is 0 Å². The summed E-state index contributed by atoms with van der Waals surface area (Å²) in [5.41, 5.74) is 0. The number of carboxylic acid groups (broad SMARTS) is 1. The van der Waals surface area contributed by atoms with Crippen LogP contribution in [0.25, 0.3) is 0 Å². The van der Waals surface area contributed by atoms with Gasteiger partial charge in [0, 0.05) is 39.3 Å². The lowest BCUT2D eigenvalue weighted by atomic mass is 10.4. The molecule has 0 aliphatic carbocycles. The van der Waals surface area contributed by atoms with Gasteiger partial charge in [-0.05, 0) is 0 Å². The highest BCUT2D eigenvalue weighted by Crippen LogP contribution is 2.13. The fraction of sp³-hybridized carbons (Fsp3) is 0.889. The number of piperazine rings is 1. The quantitative estimate of drug-likeness (QED) is 0.690. The molecule has 2 saturated heterocycles.